The summed E-state index contributed by atoms with van der Waals surface area (Å²) in [7, 11) is 0. The van der Waals surface area contributed by atoms with E-state index in [-0.39, 0.29) is 16.6 Å². The molecule has 0 saturated carbocycles. The Kier molecular flexibility index (Phi) is 4.98. The molecule has 2 N–H and O–H groups in total. The van der Waals surface area contributed by atoms with Gasteiger partial charge in [0.1, 0.15) is 6.54 Å². The van der Waals surface area contributed by atoms with Gasteiger partial charge in [-0.3, -0.25) is 9.78 Å². The lowest BCUT2D eigenvalue weighted by molar-refractivity contribution is -0.136. The van der Waals surface area contributed by atoms with Crippen molar-refractivity contribution >= 4 is 23.3 Å². The quantitative estimate of drug-likeness (QED) is 0.656. The monoisotopic (exact) mass is 383 g/mol. The van der Waals surface area contributed by atoms with Gasteiger partial charge in [0.15, 0.2) is 10.8 Å². The van der Waals surface area contributed by atoms with Gasteiger partial charge in [-0.1, -0.05) is 42.1 Å². The summed E-state index contributed by atoms with van der Waals surface area (Å²) in [5, 5.41) is 5.85. The van der Waals surface area contributed by atoms with Crippen molar-refractivity contribution < 1.29 is 18.0 Å². The molecule has 0 spiro atoms. The number of nitrogens with one attached hydrogen (secondary N) is 2. The number of fused-ring (bicyclic) bond motifs is 1. The fraction of sp³-hybridized carbons (Fsp3) is 0.200. The number of hydrogen-bond acceptors (Lipinski definition) is 5. The van der Waals surface area contributed by atoms with E-state index in [1.807, 2.05) is 30.3 Å². The number of amides is 1. The number of thioether (sulfide) groups is 1. The standard InChI is InChI=1S/C15H12F3N5O2S/c16-15(17,18)8-19-11(24)7-26-13-21-12-10(9-4-2-1-3-5-9)6-20-23(12)14(25)22-13/h1-6H,7-8H2,(H,19,24)(H,21,22,25). The summed E-state index contributed by atoms with van der Waals surface area (Å²) >= 11 is 0.828. The molecule has 0 unspecified atom stereocenters. The molecule has 26 heavy (non-hydrogen) atoms. The second-order valence-corrected chi connectivity index (χ2v) is 6.15. The minimum Gasteiger partial charge on any atom is -0.346 e. The molecule has 136 valence electrons. The van der Waals surface area contributed by atoms with Gasteiger partial charge in [-0.2, -0.15) is 22.8 Å². The van der Waals surface area contributed by atoms with Crippen LogP contribution in [0.15, 0.2) is 46.5 Å². The minimum atomic E-state index is -4.48. The Morgan fingerprint density at radius 1 is 1.27 bits per heavy atom. The van der Waals surface area contributed by atoms with E-state index in [0.717, 1.165) is 21.8 Å². The van der Waals surface area contributed by atoms with E-state index in [1.165, 1.54) is 6.20 Å². The van der Waals surface area contributed by atoms with Gasteiger partial charge in [0.05, 0.1) is 11.9 Å². The molecule has 0 bridgehead atoms. The van der Waals surface area contributed by atoms with Crippen molar-refractivity contribution in [2.24, 2.45) is 0 Å². The Hall–Kier alpha value is -2.82. The summed E-state index contributed by atoms with van der Waals surface area (Å²) in [6.45, 7) is -1.41. The largest absolute Gasteiger partial charge is 0.405 e. The molecule has 11 heteroatoms. The van der Waals surface area contributed by atoms with E-state index in [1.54, 1.807) is 5.32 Å². The number of aromatic nitrogens is 4. The molecule has 0 aliphatic heterocycles. The molecule has 7 nitrogen and oxygen atoms in total. The third-order valence-corrected chi connectivity index (χ3v) is 4.14. The highest BCUT2D eigenvalue weighted by atomic mass is 32.2. The van der Waals surface area contributed by atoms with Crippen LogP contribution in [-0.4, -0.2) is 44.0 Å². The van der Waals surface area contributed by atoms with E-state index < -0.39 is 24.3 Å². The number of H-pyrrole nitrogens is 1. The van der Waals surface area contributed by atoms with Crippen LogP contribution in [0.3, 0.4) is 0 Å². The lowest BCUT2D eigenvalue weighted by atomic mass is 10.1. The van der Waals surface area contributed by atoms with Gasteiger partial charge in [0, 0.05) is 5.56 Å². The van der Waals surface area contributed by atoms with Gasteiger partial charge in [0.2, 0.25) is 5.91 Å². The van der Waals surface area contributed by atoms with Crippen molar-refractivity contribution in [1.82, 2.24) is 24.9 Å². The number of aromatic amines is 1. The highest BCUT2D eigenvalue weighted by molar-refractivity contribution is 7.99. The second-order valence-electron chi connectivity index (χ2n) is 5.19. The summed E-state index contributed by atoms with van der Waals surface area (Å²) in [5.41, 5.74) is 1.16. The maximum absolute atomic E-state index is 12.1. The molecule has 0 aliphatic carbocycles. The van der Waals surface area contributed by atoms with Crippen LogP contribution < -0.4 is 11.0 Å². The van der Waals surface area contributed by atoms with Gasteiger partial charge in [-0.05, 0) is 5.56 Å². The Bertz CT molecular complexity index is 984. The zero-order chi connectivity index (χ0) is 18.7. The van der Waals surface area contributed by atoms with Gasteiger partial charge in [-0.25, -0.2) is 9.78 Å². The number of carbonyl (C=O) groups excluding carboxylic acids is 1. The fourth-order valence-corrected chi connectivity index (χ4v) is 2.82. The molecule has 0 fully saturated rings. The third-order valence-electron chi connectivity index (χ3n) is 3.27. The second kappa shape index (κ2) is 7.20. The van der Waals surface area contributed by atoms with E-state index in [4.69, 9.17) is 0 Å². The van der Waals surface area contributed by atoms with Crippen LogP contribution in [0.2, 0.25) is 0 Å². The SMILES string of the molecule is O=C(CSc1nc2c(-c3ccccc3)cnn2c(=O)[nH]1)NCC(F)(F)F. The number of halogens is 3. The fourth-order valence-electron chi connectivity index (χ4n) is 2.14. The molecular formula is C15H12F3N5O2S. The number of rotatable bonds is 5. The van der Waals surface area contributed by atoms with E-state index in [0.29, 0.717) is 5.56 Å². The Balaban J connectivity index is 1.80. The summed E-state index contributed by atoms with van der Waals surface area (Å²) in [6, 6.07) is 9.16. The molecule has 0 aliphatic rings. The number of hydrogen-bond donors (Lipinski definition) is 2. The zero-order valence-electron chi connectivity index (χ0n) is 13.1. The van der Waals surface area contributed by atoms with Crippen molar-refractivity contribution in [2.45, 2.75) is 11.3 Å². The Morgan fingerprint density at radius 3 is 2.69 bits per heavy atom. The van der Waals surface area contributed by atoms with Crippen LogP contribution in [0.5, 0.6) is 0 Å². The van der Waals surface area contributed by atoms with Crippen molar-refractivity contribution in [1.29, 1.82) is 0 Å². The van der Waals surface area contributed by atoms with Crippen molar-refractivity contribution in [3.63, 3.8) is 0 Å². The maximum Gasteiger partial charge on any atom is 0.405 e. The number of benzene rings is 1. The van der Waals surface area contributed by atoms with Gasteiger partial charge >= 0.3 is 11.9 Å². The first kappa shape index (κ1) is 18.0. The topological polar surface area (TPSA) is 92.2 Å². The number of alkyl halides is 3. The molecule has 2 heterocycles. The molecule has 3 aromatic rings. The zero-order valence-corrected chi connectivity index (χ0v) is 13.9. The van der Waals surface area contributed by atoms with Crippen LogP contribution in [0, 0.1) is 0 Å². The van der Waals surface area contributed by atoms with Crippen LogP contribution in [0.25, 0.3) is 16.8 Å². The van der Waals surface area contributed by atoms with Gasteiger partial charge in [-0.15, -0.1) is 0 Å². The molecular weight excluding hydrogens is 371 g/mol. The lowest BCUT2D eigenvalue weighted by Crippen LogP contribution is -2.34. The molecule has 0 saturated heterocycles. The van der Waals surface area contributed by atoms with Crippen LogP contribution in [-0.2, 0) is 4.79 Å². The third kappa shape index (κ3) is 4.23. The molecule has 1 amide bonds. The molecule has 1 aromatic carbocycles. The first-order valence-electron chi connectivity index (χ1n) is 7.33. The smallest absolute Gasteiger partial charge is 0.346 e. The average Bonchev–Trinajstić information content (AvgIpc) is 3.03. The number of carbonyl (C=O) groups is 1. The summed E-state index contributed by atoms with van der Waals surface area (Å²) in [5.74, 6) is -1.13. The van der Waals surface area contributed by atoms with Crippen molar-refractivity contribution in [2.75, 3.05) is 12.3 Å². The van der Waals surface area contributed by atoms with E-state index in [9.17, 15) is 22.8 Å². The van der Waals surface area contributed by atoms with Crippen LogP contribution in [0.4, 0.5) is 13.2 Å². The van der Waals surface area contributed by atoms with Gasteiger partial charge < -0.3 is 5.32 Å². The van der Waals surface area contributed by atoms with Crippen LogP contribution >= 0.6 is 11.8 Å². The summed E-state index contributed by atoms with van der Waals surface area (Å²) in [4.78, 5) is 30.3. The highest BCUT2D eigenvalue weighted by Gasteiger charge is 2.27. The first-order chi connectivity index (χ1) is 12.3. The predicted molar refractivity (Wildman–Crippen MR) is 88.8 cm³/mol. The van der Waals surface area contributed by atoms with Crippen LogP contribution in [0.1, 0.15) is 0 Å². The van der Waals surface area contributed by atoms with Gasteiger partial charge in [0.25, 0.3) is 0 Å². The molecule has 0 radical (unpaired) electrons. The predicted octanol–water partition coefficient (Wildman–Crippen LogP) is 1.86. The van der Waals surface area contributed by atoms with E-state index in [2.05, 4.69) is 15.1 Å². The lowest BCUT2D eigenvalue weighted by Gasteiger charge is -2.07. The van der Waals surface area contributed by atoms with Crippen molar-refractivity contribution in [3.05, 3.63) is 47.0 Å². The molecule has 2 aromatic heterocycles. The summed E-state index contributed by atoms with van der Waals surface area (Å²) < 4.78 is 37.3. The highest BCUT2D eigenvalue weighted by Crippen LogP contribution is 2.23. The Morgan fingerprint density at radius 2 is 2.00 bits per heavy atom. The first-order valence-corrected chi connectivity index (χ1v) is 8.32. The Labute approximate surface area is 148 Å². The molecule has 3 rings (SSSR count). The average molecular weight is 383 g/mol. The number of nitrogens with zero attached hydrogens (tertiary/aromatic N) is 3. The normalized spacial score (nSPS) is 11.7. The van der Waals surface area contributed by atoms with E-state index >= 15 is 0 Å². The maximum atomic E-state index is 12.1. The summed E-state index contributed by atoms with van der Waals surface area (Å²) in [6.07, 6.45) is -2.98. The van der Waals surface area contributed by atoms with Crippen molar-refractivity contribution in [3.8, 4) is 11.1 Å². The minimum absolute atomic E-state index is 0.113. The molecule has 0 atom stereocenters.